The molecule has 2 aromatic carbocycles. The number of amides is 1. The number of hydrogen-bond donors (Lipinski definition) is 6. The molecule has 1 amide bonds. The number of phenols is 3. The number of nitrogens with zero attached hydrogens (tertiary/aromatic N) is 3. The van der Waals surface area contributed by atoms with Gasteiger partial charge in [-0.25, -0.2) is 0 Å². The predicted octanol–water partition coefficient (Wildman–Crippen LogP) is 4.34. The molecule has 5 bridgehead atoms. The van der Waals surface area contributed by atoms with Crippen LogP contribution in [-0.4, -0.2) is 130 Å². The molecule has 322 valence electrons. The third kappa shape index (κ3) is 8.91. The first kappa shape index (κ1) is 44.9. The van der Waals surface area contributed by atoms with Crippen molar-refractivity contribution in [2.75, 3.05) is 45.7 Å². The highest BCUT2D eigenvalue weighted by atomic mass is 16.7. The monoisotopic (exact) mass is 822 g/mol. The fourth-order valence-electron chi connectivity index (χ4n) is 7.92. The van der Waals surface area contributed by atoms with Crippen LogP contribution < -0.4 is 10.1 Å². The Kier molecular flexibility index (Phi) is 13.7. The largest absolute Gasteiger partial charge is 0.507 e. The lowest BCUT2D eigenvalue weighted by atomic mass is 9.78. The van der Waals surface area contributed by atoms with Gasteiger partial charge in [0.2, 0.25) is 0 Å². The topological polar surface area (TPSA) is 220 Å². The molecule has 16 nitrogen and oxygen atoms in total. The van der Waals surface area contributed by atoms with E-state index >= 15 is 0 Å². The van der Waals surface area contributed by atoms with Gasteiger partial charge in [-0.15, -0.1) is 0 Å². The zero-order valence-corrected chi connectivity index (χ0v) is 35.3. The van der Waals surface area contributed by atoms with Crippen LogP contribution in [-0.2, 0) is 23.8 Å². The van der Waals surface area contributed by atoms with E-state index in [0.717, 1.165) is 13.1 Å². The third-order valence-electron chi connectivity index (χ3n) is 11.9. The Hall–Kier alpha value is -5.16. The predicted molar refractivity (Wildman–Crippen MR) is 220 cm³/mol. The number of ketones is 1. The molecule has 16 heteroatoms. The molecule has 0 spiro atoms. The van der Waals surface area contributed by atoms with Gasteiger partial charge < -0.3 is 54.7 Å². The van der Waals surface area contributed by atoms with Gasteiger partial charge in [0.25, 0.3) is 11.7 Å². The maximum Gasteiger partial charge on any atom is 0.312 e. The number of aliphatic hydroxyl groups excluding tert-OH is 2. The molecule has 0 aliphatic carbocycles. The minimum absolute atomic E-state index is 0.0559. The van der Waals surface area contributed by atoms with E-state index in [4.69, 9.17) is 18.9 Å². The number of ether oxygens (including phenoxy) is 4. The second-order valence-corrected chi connectivity index (χ2v) is 16.1. The maximum absolute atomic E-state index is 14.4. The lowest BCUT2D eigenvalue weighted by molar-refractivity contribution is -0.160. The number of rotatable bonds is 4. The minimum Gasteiger partial charge on any atom is -0.507 e. The number of aliphatic hydroxyl groups is 2. The van der Waals surface area contributed by atoms with Crippen LogP contribution in [0.25, 0.3) is 10.8 Å². The Balaban J connectivity index is 1.70. The number of benzene rings is 2. The second kappa shape index (κ2) is 18.0. The van der Waals surface area contributed by atoms with Crippen LogP contribution >= 0.6 is 0 Å². The summed E-state index contributed by atoms with van der Waals surface area (Å²) < 4.78 is 23.6. The van der Waals surface area contributed by atoms with Crippen molar-refractivity contribution in [2.45, 2.75) is 85.6 Å². The number of methoxy groups -OCH3 is 1. The molecular formula is C43H58N4O12. The summed E-state index contributed by atoms with van der Waals surface area (Å²) in [5.41, 5.74) is -0.350. The number of piperazine rings is 1. The first-order valence-corrected chi connectivity index (χ1v) is 19.8. The van der Waals surface area contributed by atoms with E-state index in [-0.39, 0.29) is 44.5 Å². The number of fused-ring (bicyclic) bond motifs is 14. The summed E-state index contributed by atoms with van der Waals surface area (Å²) in [5, 5.41) is 66.8. The van der Waals surface area contributed by atoms with Crippen LogP contribution in [0.3, 0.4) is 0 Å². The van der Waals surface area contributed by atoms with E-state index in [1.54, 1.807) is 44.9 Å². The van der Waals surface area contributed by atoms with Gasteiger partial charge in [-0.1, -0.05) is 45.9 Å². The number of Topliss-reactive ketones (excluding diaryl/α,β-unsaturated/α-hetero) is 1. The quantitative estimate of drug-likeness (QED) is 0.109. The van der Waals surface area contributed by atoms with Gasteiger partial charge >= 0.3 is 11.8 Å². The third-order valence-corrected chi connectivity index (χ3v) is 11.9. The number of esters is 1. The fraction of sp³-hybridized carbons (Fsp3) is 0.535. The van der Waals surface area contributed by atoms with E-state index in [2.05, 4.69) is 15.3 Å². The first-order chi connectivity index (χ1) is 27.7. The average Bonchev–Trinajstić information content (AvgIpc) is 3.46. The van der Waals surface area contributed by atoms with Crippen molar-refractivity contribution in [1.82, 2.24) is 9.91 Å². The lowest BCUT2D eigenvalue weighted by Gasteiger charge is -2.38. The Bertz CT molecular complexity index is 2070. The molecule has 0 aromatic heterocycles. The van der Waals surface area contributed by atoms with Crippen LogP contribution in [0.2, 0.25) is 0 Å². The summed E-state index contributed by atoms with van der Waals surface area (Å²) in [7, 11) is 3.42. The Morgan fingerprint density at radius 1 is 0.949 bits per heavy atom. The van der Waals surface area contributed by atoms with Crippen molar-refractivity contribution in [2.24, 2.45) is 28.8 Å². The number of nitrogens with one attached hydrogen (secondary N) is 1. The molecule has 0 saturated carbocycles. The van der Waals surface area contributed by atoms with Gasteiger partial charge in [0.15, 0.2) is 5.75 Å². The number of aromatic hydroxyl groups is 3. The van der Waals surface area contributed by atoms with Crippen LogP contribution in [0.15, 0.2) is 41.2 Å². The number of anilines is 1. The molecule has 6 N–H and O–H groups in total. The van der Waals surface area contributed by atoms with Crippen molar-refractivity contribution in [3.8, 4) is 23.0 Å². The zero-order valence-electron chi connectivity index (χ0n) is 35.3. The molecule has 9 atom stereocenters. The summed E-state index contributed by atoms with van der Waals surface area (Å²) in [6, 6.07) is 0. The Labute approximate surface area is 344 Å². The number of carbonyl (C=O) groups excluding carboxylic acids is 3. The van der Waals surface area contributed by atoms with E-state index in [9.17, 15) is 39.9 Å². The number of likely N-dealkylation sites (N-methyl/N-ethyl adjacent to an activating group) is 1. The first-order valence-electron chi connectivity index (χ1n) is 19.8. The molecule has 59 heavy (non-hydrogen) atoms. The van der Waals surface area contributed by atoms with Crippen LogP contribution in [0.5, 0.6) is 23.0 Å². The van der Waals surface area contributed by atoms with E-state index in [1.165, 1.54) is 59.4 Å². The Morgan fingerprint density at radius 3 is 2.24 bits per heavy atom. The Morgan fingerprint density at radius 2 is 1.61 bits per heavy atom. The highest BCUT2D eigenvalue weighted by molar-refractivity contribution is 6.23. The smallest absolute Gasteiger partial charge is 0.312 e. The van der Waals surface area contributed by atoms with Gasteiger partial charge in [-0.2, -0.15) is 5.10 Å². The summed E-state index contributed by atoms with van der Waals surface area (Å²) in [5.74, 6) is -8.34. The maximum atomic E-state index is 14.4. The summed E-state index contributed by atoms with van der Waals surface area (Å²) in [6.07, 6.45) is 4.86. The number of phenolic OH excluding ortho intramolecular Hbond substituents is 3. The fourth-order valence-corrected chi connectivity index (χ4v) is 7.92. The van der Waals surface area contributed by atoms with Gasteiger partial charge in [0.1, 0.15) is 23.4 Å². The van der Waals surface area contributed by atoms with Gasteiger partial charge in [-0.3, -0.25) is 19.4 Å². The van der Waals surface area contributed by atoms with Crippen molar-refractivity contribution >= 4 is 40.3 Å². The SMILES string of the molecule is COC1C=CO[C@@]2(C)Oc3c(C)c(O)c4c(O)c(c(C=NN5CCN(C)CC5)c(O)c4c3C2=O)NC(=O)C(C)=CC=CC(C)C(O)C(C)C(O)C(C)[C@@H](OC(C)=O)C1C. The molecular weight excluding hydrogens is 764 g/mol. The van der Waals surface area contributed by atoms with Gasteiger partial charge in [0.05, 0.1) is 53.0 Å². The number of hydrazone groups is 1. The molecule has 2 aromatic rings. The normalized spacial score (nSPS) is 30.1. The van der Waals surface area contributed by atoms with E-state index < -0.39 is 88.8 Å². The van der Waals surface area contributed by atoms with Gasteiger partial charge in [-0.05, 0) is 27.0 Å². The lowest BCUT2D eigenvalue weighted by Crippen LogP contribution is -2.46. The number of carbonyl (C=O) groups is 3. The van der Waals surface area contributed by atoms with Crippen molar-refractivity contribution in [3.05, 3.63) is 52.8 Å². The molecule has 1 saturated heterocycles. The second-order valence-electron chi connectivity index (χ2n) is 16.1. The summed E-state index contributed by atoms with van der Waals surface area (Å²) >= 11 is 0. The molecule has 6 rings (SSSR count). The van der Waals surface area contributed by atoms with Crippen LogP contribution in [0.1, 0.15) is 70.0 Å². The molecule has 4 aliphatic rings. The van der Waals surface area contributed by atoms with Gasteiger partial charge in [0, 0.05) is 87.3 Å². The van der Waals surface area contributed by atoms with Crippen molar-refractivity contribution < 1.29 is 58.9 Å². The highest BCUT2D eigenvalue weighted by Crippen LogP contribution is 2.55. The van der Waals surface area contributed by atoms with Crippen molar-refractivity contribution in [3.63, 3.8) is 0 Å². The molecule has 0 radical (unpaired) electrons. The highest BCUT2D eigenvalue weighted by Gasteiger charge is 2.50. The van der Waals surface area contributed by atoms with E-state index in [0.29, 0.717) is 13.1 Å². The zero-order chi connectivity index (χ0) is 43.7. The molecule has 4 heterocycles. The molecule has 7 unspecified atom stereocenters. The average molecular weight is 823 g/mol. The number of allylic oxidation sites excluding steroid dienone is 2. The van der Waals surface area contributed by atoms with Crippen LogP contribution in [0.4, 0.5) is 5.69 Å². The molecule has 1 fully saturated rings. The van der Waals surface area contributed by atoms with Crippen molar-refractivity contribution in [1.29, 1.82) is 0 Å². The molecule has 4 aliphatic heterocycles. The standard InChI is InChI=1S/C43H58N4O12/c1-21-12-11-13-22(2)42(55)45-33-28(20-44-47-17-15-46(9)16-18-47)37(52)30-31(38(33)53)36(51)26(6)40-32(30)41(54)43(8,59-40)57-19-14-29(56-10)23(3)39(58-27(7)48)25(5)35(50)24(4)34(21)49/h11-14,19-21,23-25,29,34-35,39,49-53H,15-18H2,1-10H3,(H,45,55)/t21?,23?,24?,25?,29?,34?,35?,39-,43-/m0/s1. The number of hydrogen-bond acceptors (Lipinski definition) is 15. The summed E-state index contributed by atoms with van der Waals surface area (Å²) in [6.45, 7) is 15.1. The van der Waals surface area contributed by atoms with Crippen LogP contribution in [0, 0.1) is 30.6 Å². The van der Waals surface area contributed by atoms with E-state index in [1.807, 2.05) is 7.05 Å². The minimum atomic E-state index is -2.04. The summed E-state index contributed by atoms with van der Waals surface area (Å²) in [4.78, 5) is 42.6.